The average Bonchev–Trinajstić information content (AvgIpc) is 2.94. The minimum Gasteiger partial charge on any atom is -0.462 e. The summed E-state index contributed by atoms with van der Waals surface area (Å²) < 4.78 is 11.5. The van der Waals surface area contributed by atoms with E-state index >= 15 is 0 Å². The van der Waals surface area contributed by atoms with Crippen molar-refractivity contribution in [2.75, 3.05) is 7.11 Å². The number of nitrogens with one attached hydrogen (secondary N) is 1. The third-order valence-electron chi connectivity index (χ3n) is 9.48. The van der Waals surface area contributed by atoms with Gasteiger partial charge in [-0.3, -0.25) is 15.5 Å². The lowest BCUT2D eigenvalue weighted by Gasteiger charge is -2.59. The highest BCUT2D eigenvalue weighted by molar-refractivity contribution is 5.66. The van der Waals surface area contributed by atoms with Crippen LogP contribution in [0.25, 0.3) is 0 Å². The van der Waals surface area contributed by atoms with E-state index in [-0.39, 0.29) is 28.8 Å². The Labute approximate surface area is 179 Å². The number of carbonyl (C=O) groups excluding carboxylic acids is 1. The van der Waals surface area contributed by atoms with Crippen LogP contribution in [0.5, 0.6) is 0 Å². The number of rotatable bonds is 4. The second-order valence-electron chi connectivity index (χ2n) is 10.5. The van der Waals surface area contributed by atoms with Gasteiger partial charge in [-0.2, -0.15) is 0 Å². The van der Waals surface area contributed by atoms with E-state index in [1.807, 2.05) is 0 Å². The molecule has 4 rings (SSSR count). The summed E-state index contributed by atoms with van der Waals surface area (Å²) in [5.74, 6) is 1.10. The molecule has 0 spiro atoms. The van der Waals surface area contributed by atoms with Crippen molar-refractivity contribution in [2.24, 2.45) is 28.6 Å². The van der Waals surface area contributed by atoms with Crippen molar-refractivity contribution in [3.8, 4) is 0 Å². The van der Waals surface area contributed by atoms with Crippen LogP contribution in [0.3, 0.4) is 0 Å². The molecule has 0 aromatic carbocycles. The van der Waals surface area contributed by atoms with E-state index < -0.39 is 11.7 Å². The molecule has 4 aliphatic carbocycles. The van der Waals surface area contributed by atoms with Gasteiger partial charge in [-0.25, -0.2) is 0 Å². The third-order valence-corrected chi connectivity index (χ3v) is 9.48. The summed E-state index contributed by atoms with van der Waals surface area (Å²) in [7, 11) is 1.61. The molecule has 0 unspecified atom stereocenters. The maximum atomic E-state index is 11.4. The van der Waals surface area contributed by atoms with Gasteiger partial charge in [-0.05, 0) is 61.7 Å². The SMILES string of the molecule is C=C(NO)[C@@]1(OC)[C@@H](O)C[C@@H]2[C@@H]3CC=C4C[C@@H](OC(C)=O)CC[C@]4(C)[C@@H]3CC[C@@]21C. The smallest absolute Gasteiger partial charge is 0.302 e. The Morgan fingerprint density at radius 1 is 1.27 bits per heavy atom. The number of aliphatic hydroxyl groups excluding tert-OH is 1. The molecule has 3 N–H and O–H groups in total. The first-order chi connectivity index (χ1) is 14.1. The van der Waals surface area contributed by atoms with Crippen molar-refractivity contribution in [1.82, 2.24) is 5.48 Å². The molecule has 8 atom stereocenters. The van der Waals surface area contributed by atoms with Gasteiger partial charge in [0.1, 0.15) is 11.7 Å². The molecule has 4 aliphatic rings. The second-order valence-corrected chi connectivity index (χ2v) is 10.5. The fourth-order valence-corrected chi connectivity index (χ4v) is 8.09. The molecule has 3 fully saturated rings. The molecule has 0 saturated heterocycles. The molecule has 168 valence electrons. The molecule has 3 saturated carbocycles. The summed E-state index contributed by atoms with van der Waals surface area (Å²) in [5, 5.41) is 20.8. The normalized spacial score (nSPS) is 47.4. The quantitative estimate of drug-likeness (QED) is 0.366. The monoisotopic (exact) mass is 419 g/mol. The van der Waals surface area contributed by atoms with Crippen LogP contribution in [0.15, 0.2) is 23.9 Å². The first-order valence-corrected chi connectivity index (χ1v) is 11.3. The van der Waals surface area contributed by atoms with Crippen LogP contribution >= 0.6 is 0 Å². The molecular weight excluding hydrogens is 382 g/mol. The number of hydrogen-bond donors (Lipinski definition) is 3. The van der Waals surface area contributed by atoms with Gasteiger partial charge in [0, 0.05) is 25.9 Å². The maximum Gasteiger partial charge on any atom is 0.302 e. The highest BCUT2D eigenvalue weighted by Gasteiger charge is 2.69. The molecule has 0 radical (unpaired) electrons. The molecule has 6 nitrogen and oxygen atoms in total. The fourth-order valence-electron chi connectivity index (χ4n) is 8.09. The summed E-state index contributed by atoms with van der Waals surface area (Å²) in [6, 6.07) is 0. The first kappa shape index (κ1) is 21.8. The van der Waals surface area contributed by atoms with Crippen molar-refractivity contribution in [3.63, 3.8) is 0 Å². The number of carbonyl (C=O) groups is 1. The zero-order valence-electron chi connectivity index (χ0n) is 18.7. The predicted molar refractivity (Wildman–Crippen MR) is 112 cm³/mol. The van der Waals surface area contributed by atoms with Gasteiger partial charge in [0.15, 0.2) is 0 Å². The summed E-state index contributed by atoms with van der Waals surface area (Å²) in [6.07, 6.45) is 8.08. The lowest BCUT2D eigenvalue weighted by atomic mass is 9.46. The number of aliphatic hydroxyl groups is 1. The van der Waals surface area contributed by atoms with Gasteiger partial charge in [0.2, 0.25) is 0 Å². The van der Waals surface area contributed by atoms with Crippen molar-refractivity contribution in [1.29, 1.82) is 0 Å². The van der Waals surface area contributed by atoms with Gasteiger partial charge in [0.05, 0.1) is 11.8 Å². The molecule has 0 heterocycles. The van der Waals surface area contributed by atoms with E-state index in [1.54, 1.807) is 7.11 Å². The van der Waals surface area contributed by atoms with E-state index in [0.29, 0.717) is 24.0 Å². The summed E-state index contributed by atoms with van der Waals surface area (Å²) in [4.78, 5) is 11.4. The molecule has 30 heavy (non-hydrogen) atoms. The predicted octanol–water partition coefficient (Wildman–Crippen LogP) is 3.73. The second kappa shape index (κ2) is 7.35. The maximum absolute atomic E-state index is 11.4. The van der Waals surface area contributed by atoms with Crippen LogP contribution in [-0.4, -0.2) is 41.2 Å². The minimum absolute atomic E-state index is 0.000581. The van der Waals surface area contributed by atoms with Crippen LogP contribution in [-0.2, 0) is 14.3 Å². The summed E-state index contributed by atoms with van der Waals surface area (Å²) >= 11 is 0. The highest BCUT2D eigenvalue weighted by atomic mass is 16.5. The topological polar surface area (TPSA) is 88.0 Å². The summed E-state index contributed by atoms with van der Waals surface area (Å²) in [5.41, 5.74) is 2.83. The van der Waals surface area contributed by atoms with Crippen LogP contribution in [0, 0.1) is 28.6 Å². The fraction of sp³-hybridized carbons (Fsp3) is 0.792. The van der Waals surface area contributed by atoms with E-state index in [9.17, 15) is 15.1 Å². The Morgan fingerprint density at radius 3 is 2.63 bits per heavy atom. The van der Waals surface area contributed by atoms with Crippen LogP contribution in [0.1, 0.15) is 65.7 Å². The van der Waals surface area contributed by atoms with Crippen molar-refractivity contribution < 1.29 is 24.6 Å². The molecule has 0 aromatic rings. The minimum atomic E-state index is -0.991. The molecule has 0 aliphatic heterocycles. The number of allylic oxidation sites excluding steroid dienone is 1. The van der Waals surface area contributed by atoms with E-state index in [1.165, 1.54) is 12.5 Å². The van der Waals surface area contributed by atoms with Crippen LogP contribution in [0.2, 0.25) is 0 Å². The number of esters is 1. The Hall–Kier alpha value is -1.37. The van der Waals surface area contributed by atoms with Gasteiger partial charge < -0.3 is 14.6 Å². The first-order valence-electron chi connectivity index (χ1n) is 11.3. The van der Waals surface area contributed by atoms with Crippen LogP contribution in [0.4, 0.5) is 0 Å². The summed E-state index contributed by atoms with van der Waals surface area (Å²) in [6.45, 7) is 10.1. The molecule has 0 amide bonds. The van der Waals surface area contributed by atoms with Gasteiger partial charge in [-0.1, -0.05) is 32.1 Å². The van der Waals surface area contributed by atoms with E-state index in [2.05, 4.69) is 32.0 Å². The Morgan fingerprint density at radius 2 is 2.00 bits per heavy atom. The Balaban J connectivity index is 1.65. The number of methoxy groups -OCH3 is 1. The molecule has 0 aromatic heterocycles. The van der Waals surface area contributed by atoms with E-state index in [4.69, 9.17) is 9.47 Å². The third kappa shape index (κ3) is 2.76. The van der Waals surface area contributed by atoms with Gasteiger partial charge in [-0.15, -0.1) is 0 Å². The highest BCUT2D eigenvalue weighted by Crippen LogP contribution is 2.68. The van der Waals surface area contributed by atoms with Crippen molar-refractivity contribution in [2.45, 2.75) is 83.5 Å². The number of hydrogen-bond acceptors (Lipinski definition) is 6. The van der Waals surface area contributed by atoms with Crippen molar-refractivity contribution >= 4 is 5.97 Å². The zero-order chi connectivity index (χ0) is 21.9. The van der Waals surface area contributed by atoms with E-state index in [0.717, 1.165) is 38.5 Å². The van der Waals surface area contributed by atoms with Crippen LogP contribution < -0.4 is 5.48 Å². The van der Waals surface area contributed by atoms with Gasteiger partial charge in [0.25, 0.3) is 0 Å². The largest absolute Gasteiger partial charge is 0.462 e. The average molecular weight is 420 g/mol. The standard InChI is InChI=1S/C24H37NO5/c1-14(25-28)24(29-5)21(27)13-20-18-7-6-16-12-17(30-15(2)26)8-10-22(16,3)19(18)9-11-23(20,24)4/h6,17-21,25,27-28H,1,7-13H2,2-5H3/t17-,18+,19+,20+,21-,22-,23-,24+/m0/s1. The number of ether oxygens (including phenoxy) is 2. The Bertz CT molecular complexity index is 765. The lowest BCUT2D eigenvalue weighted by Crippen LogP contribution is -2.59. The zero-order valence-corrected chi connectivity index (χ0v) is 18.7. The molecule has 6 heteroatoms. The number of hydroxylamine groups is 1. The Kier molecular flexibility index (Phi) is 5.35. The van der Waals surface area contributed by atoms with Crippen molar-refractivity contribution in [3.05, 3.63) is 23.9 Å². The molecular formula is C24H37NO5. The molecule has 0 bridgehead atoms. The number of fused-ring (bicyclic) bond motifs is 5. The van der Waals surface area contributed by atoms with Gasteiger partial charge >= 0.3 is 5.97 Å². The lowest BCUT2D eigenvalue weighted by molar-refractivity contribution is -0.159.